The summed E-state index contributed by atoms with van der Waals surface area (Å²) in [5.74, 6) is -0.0408. The molecular formula is C7H8N2O2. The Morgan fingerprint density at radius 2 is 2.55 bits per heavy atom. The van der Waals surface area contributed by atoms with E-state index in [1.165, 1.54) is 6.20 Å². The van der Waals surface area contributed by atoms with E-state index in [2.05, 4.69) is 4.98 Å². The van der Waals surface area contributed by atoms with E-state index in [9.17, 15) is 4.79 Å². The van der Waals surface area contributed by atoms with Gasteiger partial charge in [-0.05, 0) is 12.1 Å². The summed E-state index contributed by atoms with van der Waals surface area (Å²) in [6.07, 6.45) is 3.05. The third-order valence-corrected chi connectivity index (χ3v) is 1.03. The smallest absolute Gasteiger partial charge is 0.325 e. The number of carbonyl (C=O) groups excluding carboxylic acids is 1. The normalized spacial score (nSPS) is 9.18. The lowest BCUT2D eigenvalue weighted by atomic mass is 10.5. The fourth-order valence-corrected chi connectivity index (χ4v) is 0.581. The topological polar surface area (TPSA) is 65.2 Å². The number of hydrogen-bond acceptors (Lipinski definition) is 4. The predicted octanol–water partition coefficient (Wildman–Crippen LogP) is -0.0543. The molecule has 1 heterocycles. The fourth-order valence-electron chi connectivity index (χ4n) is 0.581. The van der Waals surface area contributed by atoms with Crippen LogP contribution in [0.15, 0.2) is 24.5 Å². The molecule has 1 rings (SSSR count). The van der Waals surface area contributed by atoms with Crippen molar-refractivity contribution in [2.75, 3.05) is 6.54 Å². The van der Waals surface area contributed by atoms with Gasteiger partial charge in [-0.1, -0.05) is 0 Å². The van der Waals surface area contributed by atoms with Crippen LogP contribution in [0.1, 0.15) is 0 Å². The van der Waals surface area contributed by atoms with E-state index in [1.807, 2.05) is 0 Å². The maximum atomic E-state index is 10.6. The van der Waals surface area contributed by atoms with Crippen molar-refractivity contribution in [2.24, 2.45) is 5.73 Å². The van der Waals surface area contributed by atoms with Crippen LogP contribution < -0.4 is 10.5 Å². The summed E-state index contributed by atoms with van der Waals surface area (Å²) < 4.78 is 4.74. The van der Waals surface area contributed by atoms with Crippen LogP contribution in [0, 0.1) is 0 Å². The average Bonchev–Trinajstić information content (AvgIpc) is 2.06. The Balaban J connectivity index is 2.58. The van der Waals surface area contributed by atoms with Crippen LogP contribution in [-0.2, 0) is 4.79 Å². The van der Waals surface area contributed by atoms with E-state index >= 15 is 0 Å². The van der Waals surface area contributed by atoms with Crippen LogP contribution >= 0.6 is 0 Å². The molecule has 0 spiro atoms. The van der Waals surface area contributed by atoms with Gasteiger partial charge in [0, 0.05) is 6.20 Å². The minimum Gasteiger partial charge on any atom is -0.424 e. The highest BCUT2D eigenvalue weighted by Crippen LogP contribution is 2.05. The summed E-state index contributed by atoms with van der Waals surface area (Å²) in [6.45, 7) is -0.116. The van der Waals surface area contributed by atoms with E-state index in [1.54, 1.807) is 18.3 Å². The maximum absolute atomic E-state index is 10.6. The average molecular weight is 152 g/mol. The van der Waals surface area contributed by atoms with Crippen molar-refractivity contribution in [1.82, 2.24) is 4.98 Å². The van der Waals surface area contributed by atoms with Crippen molar-refractivity contribution in [2.45, 2.75) is 0 Å². The van der Waals surface area contributed by atoms with Gasteiger partial charge in [0.2, 0.25) is 0 Å². The molecule has 0 unspecified atom stereocenters. The molecule has 58 valence electrons. The van der Waals surface area contributed by atoms with E-state index in [-0.39, 0.29) is 6.54 Å². The second-order valence-electron chi connectivity index (χ2n) is 1.87. The zero-order chi connectivity index (χ0) is 8.10. The van der Waals surface area contributed by atoms with Crippen LogP contribution in [0.3, 0.4) is 0 Å². The van der Waals surface area contributed by atoms with Gasteiger partial charge in [0.1, 0.15) is 5.75 Å². The number of aromatic nitrogens is 1. The molecule has 0 bridgehead atoms. The number of esters is 1. The molecular weight excluding hydrogens is 144 g/mol. The number of ether oxygens (including phenoxy) is 1. The minimum atomic E-state index is -0.460. The molecule has 0 atom stereocenters. The van der Waals surface area contributed by atoms with Gasteiger partial charge in [-0.2, -0.15) is 0 Å². The van der Waals surface area contributed by atoms with Crippen molar-refractivity contribution in [3.05, 3.63) is 24.5 Å². The van der Waals surface area contributed by atoms with E-state index in [4.69, 9.17) is 10.5 Å². The predicted molar refractivity (Wildman–Crippen MR) is 38.9 cm³/mol. The molecule has 4 heteroatoms. The Morgan fingerprint density at radius 3 is 3.09 bits per heavy atom. The van der Waals surface area contributed by atoms with Gasteiger partial charge in [0.05, 0.1) is 12.7 Å². The summed E-state index contributed by atoms with van der Waals surface area (Å²) in [7, 11) is 0. The Morgan fingerprint density at radius 1 is 1.73 bits per heavy atom. The summed E-state index contributed by atoms with van der Waals surface area (Å²) >= 11 is 0. The van der Waals surface area contributed by atoms with Crippen molar-refractivity contribution in [3.8, 4) is 5.75 Å². The molecule has 1 aromatic rings. The number of nitrogens with two attached hydrogens (primary N) is 1. The van der Waals surface area contributed by atoms with Gasteiger partial charge < -0.3 is 10.5 Å². The van der Waals surface area contributed by atoms with Gasteiger partial charge in [-0.25, -0.2) is 0 Å². The SMILES string of the molecule is NCC(=O)Oc1cccnc1. The van der Waals surface area contributed by atoms with Gasteiger partial charge >= 0.3 is 5.97 Å². The lowest BCUT2D eigenvalue weighted by molar-refractivity contribution is -0.132. The maximum Gasteiger partial charge on any atom is 0.325 e. The number of hydrogen-bond donors (Lipinski definition) is 1. The third kappa shape index (κ3) is 2.35. The van der Waals surface area contributed by atoms with Crippen molar-refractivity contribution >= 4 is 5.97 Å². The van der Waals surface area contributed by atoms with Crippen LogP contribution in [0.5, 0.6) is 5.75 Å². The second kappa shape index (κ2) is 3.68. The highest BCUT2D eigenvalue weighted by molar-refractivity contribution is 5.73. The zero-order valence-electron chi connectivity index (χ0n) is 5.86. The zero-order valence-corrected chi connectivity index (χ0v) is 5.86. The van der Waals surface area contributed by atoms with E-state index < -0.39 is 5.97 Å². The van der Waals surface area contributed by atoms with Crippen LogP contribution in [0.4, 0.5) is 0 Å². The number of pyridine rings is 1. The molecule has 0 fully saturated rings. The monoisotopic (exact) mass is 152 g/mol. The second-order valence-corrected chi connectivity index (χ2v) is 1.87. The van der Waals surface area contributed by atoms with Gasteiger partial charge in [-0.3, -0.25) is 9.78 Å². The van der Waals surface area contributed by atoms with E-state index in [0.29, 0.717) is 5.75 Å². The van der Waals surface area contributed by atoms with Crippen molar-refractivity contribution < 1.29 is 9.53 Å². The molecule has 0 saturated carbocycles. The summed E-state index contributed by atoms with van der Waals surface area (Å²) in [5.41, 5.74) is 5.02. The van der Waals surface area contributed by atoms with Crippen molar-refractivity contribution in [3.63, 3.8) is 0 Å². The molecule has 0 radical (unpaired) electrons. The first-order chi connectivity index (χ1) is 5.33. The summed E-state index contributed by atoms with van der Waals surface area (Å²) in [6, 6.07) is 3.32. The largest absolute Gasteiger partial charge is 0.424 e. The van der Waals surface area contributed by atoms with Crippen LogP contribution in [0.25, 0.3) is 0 Å². The quantitative estimate of drug-likeness (QED) is 0.603. The molecule has 0 amide bonds. The molecule has 0 saturated heterocycles. The third-order valence-electron chi connectivity index (χ3n) is 1.03. The Hall–Kier alpha value is -1.42. The molecule has 0 aliphatic rings. The lowest BCUT2D eigenvalue weighted by Crippen LogP contribution is -2.19. The molecule has 0 aliphatic carbocycles. The number of carbonyl (C=O) groups is 1. The first kappa shape index (κ1) is 7.68. The van der Waals surface area contributed by atoms with E-state index in [0.717, 1.165) is 0 Å². The Labute approximate surface area is 64.0 Å². The molecule has 2 N–H and O–H groups in total. The summed E-state index contributed by atoms with van der Waals surface area (Å²) in [5, 5.41) is 0. The molecule has 4 nitrogen and oxygen atoms in total. The lowest BCUT2D eigenvalue weighted by Gasteiger charge is -1.99. The number of rotatable bonds is 2. The van der Waals surface area contributed by atoms with Gasteiger partial charge in [0.15, 0.2) is 0 Å². The Bertz CT molecular complexity index is 235. The standard InChI is InChI=1S/C7H8N2O2/c8-4-7(10)11-6-2-1-3-9-5-6/h1-3,5H,4,8H2. The molecule has 11 heavy (non-hydrogen) atoms. The number of nitrogens with zero attached hydrogens (tertiary/aromatic N) is 1. The highest BCUT2D eigenvalue weighted by atomic mass is 16.5. The fraction of sp³-hybridized carbons (Fsp3) is 0.143. The first-order valence-corrected chi connectivity index (χ1v) is 3.13. The molecule has 0 aromatic carbocycles. The Kier molecular flexibility index (Phi) is 2.57. The van der Waals surface area contributed by atoms with Gasteiger partial charge in [0.25, 0.3) is 0 Å². The van der Waals surface area contributed by atoms with Crippen LogP contribution in [0.2, 0.25) is 0 Å². The first-order valence-electron chi connectivity index (χ1n) is 3.13. The highest BCUT2D eigenvalue weighted by Gasteiger charge is 1.99. The summed E-state index contributed by atoms with van der Waals surface area (Å²) in [4.78, 5) is 14.4. The minimum absolute atomic E-state index is 0.116. The van der Waals surface area contributed by atoms with Crippen molar-refractivity contribution in [1.29, 1.82) is 0 Å². The molecule has 1 aromatic heterocycles. The van der Waals surface area contributed by atoms with Gasteiger partial charge in [-0.15, -0.1) is 0 Å². The van der Waals surface area contributed by atoms with Crippen LogP contribution in [-0.4, -0.2) is 17.5 Å². The molecule has 0 aliphatic heterocycles.